The lowest BCUT2D eigenvalue weighted by atomic mass is 10.2. The summed E-state index contributed by atoms with van der Waals surface area (Å²) in [5, 5.41) is 0.388. The molecule has 2 unspecified atom stereocenters. The monoisotopic (exact) mass is 217 g/mol. The molecule has 0 saturated carbocycles. The van der Waals surface area contributed by atoms with E-state index in [1.165, 1.54) is 18.2 Å². The quantitative estimate of drug-likeness (QED) is 0.845. The number of halogens is 2. The molecule has 0 fully saturated rings. The minimum atomic E-state index is -0.374. The molecule has 0 aliphatic rings. The maximum atomic E-state index is 12.8. The van der Waals surface area contributed by atoms with E-state index >= 15 is 0 Å². The van der Waals surface area contributed by atoms with Crippen molar-refractivity contribution in [3.8, 4) is 5.75 Å². The van der Waals surface area contributed by atoms with E-state index in [0.717, 1.165) is 0 Å². The second kappa shape index (κ2) is 4.62. The molecule has 0 heterocycles. The minimum absolute atomic E-state index is 0.130. The van der Waals surface area contributed by atoms with Gasteiger partial charge in [-0.1, -0.05) is 11.6 Å². The van der Waals surface area contributed by atoms with Crippen LogP contribution in [-0.2, 0) is 0 Å². The molecule has 0 aromatic heterocycles. The Hall–Kier alpha value is -0.800. The van der Waals surface area contributed by atoms with Crippen LogP contribution in [0, 0.1) is 5.82 Å². The van der Waals surface area contributed by atoms with Crippen molar-refractivity contribution in [2.24, 2.45) is 5.73 Å². The summed E-state index contributed by atoms with van der Waals surface area (Å²) in [6, 6.07) is 3.86. The first-order chi connectivity index (χ1) is 6.50. The standard InChI is InChI=1S/C10H13ClFNO/c1-6(13)7(2)14-10-5-8(12)3-4-9(10)11/h3-7H,13H2,1-2H3. The largest absolute Gasteiger partial charge is 0.487 e. The van der Waals surface area contributed by atoms with Crippen LogP contribution < -0.4 is 10.5 Å². The fraction of sp³-hybridized carbons (Fsp3) is 0.400. The second-order valence-corrected chi connectivity index (χ2v) is 3.66. The summed E-state index contributed by atoms with van der Waals surface area (Å²) in [5.41, 5.74) is 5.61. The molecule has 78 valence electrons. The van der Waals surface area contributed by atoms with Crippen molar-refractivity contribution in [2.75, 3.05) is 0 Å². The first-order valence-corrected chi connectivity index (χ1v) is 4.76. The van der Waals surface area contributed by atoms with E-state index in [9.17, 15) is 4.39 Å². The molecule has 1 aromatic carbocycles. The van der Waals surface area contributed by atoms with E-state index < -0.39 is 0 Å². The molecule has 0 spiro atoms. The van der Waals surface area contributed by atoms with E-state index in [1.54, 1.807) is 0 Å². The number of ether oxygens (including phenoxy) is 1. The fourth-order valence-corrected chi connectivity index (χ4v) is 1.04. The molecule has 0 amide bonds. The van der Waals surface area contributed by atoms with Crippen LogP contribution >= 0.6 is 11.6 Å². The second-order valence-electron chi connectivity index (χ2n) is 3.26. The van der Waals surface area contributed by atoms with Crippen molar-refractivity contribution in [3.05, 3.63) is 29.0 Å². The molecule has 2 atom stereocenters. The van der Waals surface area contributed by atoms with Gasteiger partial charge in [0.25, 0.3) is 0 Å². The molecular weight excluding hydrogens is 205 g/mol. The van der Waals surface area contributed by atoms with Crippen LogP contribution in [0.1, 0.15) is 13.8 Å². The predicted octanol–water partition coefficient (Wildman–Crippen LogP) is 2.59. The summed E-state index contributed by atoms with van der Waals surface area (Å²) >= 11 is 5.81. The van der Waals surface area contributed by atoms with Gasteiger partial charge in [-0.3, -0.25) is 0 Å². The highest BCUT2D eigenvalue weighted by Crippen LogP contribution is 2.26. The van der Waals surface area contributed by atoms with Gasteiger partial charge in [0.2, 0.25) is 0 Å². The zero-order valence-electron chi connectivity index (χ0n) is 8.13. The maximum absolute atomic E-state index is 12.8. The summed E-state index contributed by atoms with van der Waals surface area (Å²) in [6.07, 6.45) is -0.200. The van der Waals surface area contributed by atoms with Crippen LogP contribution in [0.2, 0.25) is 5.02 Å². The lowest BCUT2D eigenvalue weighted by Gasteiger charge is -2.18. The number of rotatable bonds is 3. The topological polar surface area (TPSA) is 35.2 Å². The van der Waals surface area contributed by atoms with Gasteiger partial charge >= 0.3 is 0 Å². The Morgan fingerprint density at radius 1 is 1.43 bits per heavy atom. The molecule has 1 aromatic rings. The molecule has 1 rings (SSSR count). The molecule has 2 N–H and O–H groups in total. The van der Waals surface area contributed by atoms with Crippen LogP contribution in [0.4, 0.5) is 4.39 Å². The third kappa shape index (κ3) is 2.86. The van der Waals surface area contributed by atoms with Gasteiger partial charge in [0.05, 0.1) is 5.02 Å². The SMILES string of the molecule is CC(N)C(C)Oc1cc(F)ccc1Cl. The third-order valence-electron chi connectivity index (χ3n) is 1.95. The minimum Gasteiger partial charge on any atom is -0.487 e. The van der Waals surface area contributed by atoms with E-state index in [2.05, 4.69) is 0 Å². The molecule has 0 aliphatic heterocycles. The fourth-order valence-electron chi connectivity index (χ4n) is 0.875. The van der Waals surface area contributed by atoms with Crippen LogP contribution in [0.5, 0.6) is 5.75 Å². The summed E-state index contributed by atoms with van der Waals surface area (Å²) < 4.78 is 18.2. The normalized spacial score (nSPS) is 14.9. The first kappa shape index (κ1) is 11.3. The smallest absolute Gasteiger partial charge is 0.141 e. The van der Waals surface area contributed by atoms with E-state index in [4.69, 9.17) is 22.1 Å². The van der Waals surface area contributed by atoms with Crippen molar-refractivity contribution in [3.63, 3.8) is 0 Å². The summed E-state index contributed by atoms with van der Waals surface area (Å²) in [6.45, 7) is 3.63. The number of nitrogens with two attached hydrogens (primary N) is 1. The highest BCUT2D eigenvalue weighted by molar-refractivity contribution is 6.32. The molecular formula is C10H13ClFNO. The van der Waals surface area contributed by atoms with Crippen LogP contribution in [0.15, 0.2) is 18.2 Å². The molecule has 2 nitrogen and oxygen atoms in total. The summed E-state index contributed by atoms with van der Waals surface area (Å²) in [5.74, 6) is -0.0438. The first-order valence-electron chi connectivity index (χ1n) is 4.38. The highest BCUT2D eigenvalue weighted by atomic mass is 35.5. The van der Waals surface area contributed by atoms with E-state index in [1.807, 2.05) is 13.8 Å². The van der Waals surface area contributed by atoms with Gasteiger partial charge in [-0.15, -0.1) is 0 Å². The van der Waals surface area contributed by atoms with Crippen LogP contribution in [0.25, 0.3) is 0 Å². The average molecular weight is 218 g/mol. The van der Waals surface area contributed by atoms with Crippen molar-refractivity contribution in [2.45, 2.75) is 26.0 Å². The summed E-state index contributed by atoms with van der Waals surface area (Å²) in [4.78, 5) is 0. The molecule has 4 heteroatoms. The zero-order valence-corrected chi connectivity index (χ0v) is 8.88. The average Bonchev–Trinajstić information content (AvgIpc) is 2.11. The molecule has 0 aliphatic carbocycles. The number of hydrogen-bond acceptors (Lipinski definition) is 2. The molecule has 14 heavy (non-hydrogen) atoms. The van der Waals surface area contributed by atoms with Gasteiger partial charge in [-0.25, -0.2) is 4.39 Å². The van der Waals surface area contributed by atoms with Crippen LogP contribution in [-0.4, -0.2) is 12.1 Å². The van der Waals surface area contributed by atoms with Gasteiger partial charge in [0.1, 0.15) is 17.7 Å². The Labute approximate surface area is 87.8 Å². The van der Waals surface area contributed by atoms with E-state index in [0.29, 0.717) is 10.8 Å². The number of benzene rings is 1. The van der Waals surface area contributed by atoms with Crippen molar-refractivity contribution < 1.29 is 9.13 Å². The van der Waals surface area contributed by atoms with Crippen molar-refractivity contribution in [1.82, 2.24) is 0 Å². The zero-order chi connectivity index (χ0) is 10.7. The van der Waals surface area contributed by atoms with Gasteiger partial charge in [0.15, 0.2) is 0 Å². The van der Waals surface area contributed by atoms with Crippen molar-refractivity contribution in [1.29, 1.82) is 0 Å². The van der Waals surface area contributed by atoms with Gasteiger partial charge < -0.3 is 10.5 Å². The Balaban J connectivity index is 2.80. The van der Waals surface area contributed by atoms with E-state index in [-0.39, 0.29) is 18.0 Å². The molecule has 0 saturated heterocycles. The summed E-state index contributed by atoms with van der Waals surface area (Å²) in [7, 11) is 0. The Morgan fingerprint density at radius 3 is 2.64 bits per heavy atom. The molecule has 0 radical (unpaired) electrons. The van der Waals surface area contributed by atoms with Gasteiger partial charge in [-0.05, 0) is 26.0 Å². The Bertz CT molecular complexity index is 317. The van der Waals surface area contributed by atoms with Crippen LogP contribution in [0.3, 0.4) is 0 Å². The van der Waals surface area contributed by atoms with Gasteiger partial charge in [0, 0.05) is 12.1 Å². The highest BCUT2D eigenvalue weighted by Gasteiger charge is 2.11. The Kier molecular flexibility index (Phi) is 3.72. The molecule has 0 bridgehead atoms. The van der Waals surface area contributed by atoms with Crippen molar-refractivity contribution >= 4 is 11.6 Å². The number of hydrogen-bond donors (Lipinski definition) is 1. The maximum Gasteiger partial charge on any atom is 0.141 e. The lowest BCUT2D eigenvalue weighted by Crippen LogP contribution is -2.33. The lowest BCUT2D eigenvalue weighted by molar-refractivity contribution is 0.196. The third-order valence-corrected chi connectivity index (χ3v) is 2.26. The predicted molar refractivity (Wildman–Crippen MR) is 55.1 cm³/mol. The Morgan fingerprint density at radius 2 is 2.07 bits per heavy atom. The van der Waals surface area contributed by atoms with Gasteiger partial charge in [-0.2, -0.15) is 0 Å².